The monoisotopic (exact) mass is 297 g/mol. The first-order valence-electron chi connectivity index (χ1n) is 7.29. The summed E-state index contributed by atoms with van der Waals surface area (Å²) in [6.45, 7) is 0. The summed E-state index contributed by atoms with van der Waals surface area (Å²) in [4.78, 5) is 0. The number of hydrogen-bond acceptors (Lipinski definition) is 3. The van der Waals surface area contributed by atoms with E-state index in [4.69, 9.17) is 0 Å². The Morgan fingerprint density at radius 2 is 1.80 bits per heavy atom. The van der Waals surface area contributed by atoms with Crippen molar-refractivity contribution < 1.29 is 13.5 Å². The zero-order valence-electron chi connectivity index (χ0n) is 11.7. The van der Waals surface area contributed by atoms with Gasteiger partial charge in [-0.05, 0) is 24.8 Å². The van der Waals surface area contributed by atoms with Crippen molar-refractivity contribution in [2.45, 2.75) is 50.7 Å². The van der Waals surface area contributed by atoms with Crippen LogP contribution in [0.4, 0.5) is 0 Å². The summed E-state index contributed by atoms with van der Waals surface area (Å²) in [5, 5.41) is 9.97. The maximum atomic E-state index is 12.1. The van der Waals surface area contributed by atoms with Crippen LogP contribution in [0.1, 0.15) is 37.7 Å². The number of aliphatic hydroxyl groups is 1. The molecule has 2 rings (SSSR count). The first kappa shape index (κ1) is 15.5. The molecule has 0 heterocycles. The van der Waals surface area contributed by atoms with E-state index >= 15 is 0 Å². The molecule has 0 amide bonds. The van der Waals surface area contributed by atoms with Crippen molar-refractivity contribution in [3.8, 4) is 0 Å². The van der Waals surface area contributed by atoms with Crippen LogP contribution in [-0.2, 0) is 16.4 Å². The predicted molar refractivity (Wildman–Crippen MR) is 79.9 cm³/mol. The largest absolute Gasteiger partial charge is 0.391 e. The minimum atomic E-state index is -3.34. The van der Waals surface area contributed by atoms with Gasteiger partial charge in [-0.15, -0.1) is 0 Å². The number of aliphatic hydroxyl groups excluding tert-OH is 1. The molecule has 20 heavy (non-hydrogen) atoms. The van der Waals surface area contributed by atoms with E-state index in [1.54, 1.807) is 0 Å². The van der Waals surface area contributed by atoms with E-state index in [-0.39, 0.29) is 11.8 Å². The average Bonchev–Trinajstić information content (AvgIpc) is 2.63. The van der Waals surface area contributed by atoms with Gasteiger partial charge in [0.25, 0.3) is 0 Å². The third-order valence-electron chi connectivity index (χ3n) is 3.81. The van der Waals surface area contributed by atoms with Crippen molar-refractivity contribution in [1.29, 1.82) is 0 Å². The zero-order valence-corrected chi connectivity index (χ0v) is 12.5. The number of sulfonamides is 1. The molecule has 0 aromatic heterocycles. The Balaban J connectivity index is 1.89. The van der Waals surface area contributed by atoms with Gasteiger partial charge >= 0.3 is 0 Å². The fraction of sp³-hybridized carbons (Fsp3) is 0.600. The van der Waals surface area contributed by atoms with Gasteiger partial charge in [0, 0.05) is 6.04 Å². The molecule has 0 radical (unpaired) electrons. The Morgan fingerprint density at radius 1 is 1.10 bits per heavy atom. The van der Waals surface area contributed by atoms with Crippen molar-refractivity contribution in [3.63, 3.8) is 0 Å². The molecule has 0 spiro atoms. The molecule has 0 aliphatic heterocycles. The number of rotatable bonds is 5. The highest BCUT2D eigenvalue weighted by Crippen LogP contribution is 2.18. The fourth-order valence-electron chi connectivity index (χ4n) is 2.61. The lowest BCUT2D eigenvalue weighted by Gasteiger charge is -2.21. The Kier molecular flexibility index (Phi) is 5.57. The van der Waals surface area contributed by atoms with Crippen LogP contribution in [0.2, 0.25) is 0 Å². The van der Waals surface area contributed by atoms with E-state index in [0.29, 0.717) is 12.8 Å². The molecule has 1 aliphatic carbocycles. The van der Waals surface area contributed by atoms with Gasteiger partial charge < -0.3 is 5.11 Å². The summed E-state index contributed by atoms with van der Waals surface area (Å²) >= 11 is 0. The fourth-order valence-corrected chi connectivity index (χ4v) is 3.97. The van der Waals surface area contributed by atoms with E-state index in [2.05, 4.69) is 4.72 Å². The van der Waals surface area contributed by atoms with Crippen molar-refractivity contribution in [1.82, 2.24) is 4.72 Å². The molecule has 5 heteroatoms. The Morgan fingerprint density at radius 3 is 2.55 bits per heavy atom. The van der Waals surface area contributed by atoms with E-state index in [0.717, 1.165) is 31.2 Å². The molecule has 2 atom stereocenters. The minimum Gasteiger partial charge on any atom is -0.391 e. The lowest BCUT2D eigenvalue weighted by atomic mass is 10.1. The second kappa shape index (κ2) is 7.20. The summed E-state index contributed by atoms with van der Waals surface area (Å²) in [5.41, 5.74) is 1.01. The summed E-state index contributed by atoms with van der Waals surface area (Å²) in [6.07, 6.45) is 4.38. The lowest BCUT2D eigenvalue weighted by Crippen LogP contribution is -2.43. The first-order chi connectivity index (χ1) is 9.57. The van der Waals surface area contributed by atoms with E-state index in [9.17, 15) is 13.5 Å². The maximum absolute atomic E-state index is 12.1. The molecule has 2 N–H and O–H groups in total. The molecule has 1 saturated carbocycles. The highest BCUT2D eigenvalue weighted by atomic mass is 32.2. The van der Waals surface area contributed by atoms with Crippen molar-refractivity contribution in [2.75, 3.05) is 5.75 Å². The first-order valence-corrected chi connectivity index (χ1v) is 8.94. The highest BCUT2D eigenvalue weighted by Gasteiger charge is 2.25. The third-order valence-corrected chi connectivity index (χ3v) is 5.22. The van der Waals surface area contributed by atoms with Gasteiger partial charge in [-0.25, -0.2) is 13.1 Å². The van der Waals surface area contributed by atoms with Gasteiger partial charge in [0.15, 0.2) is 0 Å². The van der Waals surface area contributed by atoms with E-state index < -0.39 is 16.1 Å². The summed E-state index contributed by atoms with van der Waals surface area (Å²) in [6, 6.07) is 9.26. The molecule has 0 saturated heterocycles. The standard InChI is InChI=1S/C15H23NO3S/c17-15-10-6-2-5-9-14(15)16-20(18,19)12-11-13-7-3-1-4-8-13/h1,3-4,7-8,14-17H,2,5-6,9-12H2. The second-order valence-electron chi connectivity index (χ2n) is 5.48. The molecule has 112 valence electrons. The number of benzene rings is 1. The molecule has 1 fully saturated rings. The molecule has 1 aromatic rings. The number of hydrogen-bond donors (Lipinski definition) is 2. The molecular formula is C15H23NO3S. The van der Waals surface area contributed by atoms with Crippen LogP contribution in [0.3, 0.4) is 0 Å². The molecule has 1 aromatic carbocycles. The number of nitrogens with one attached hydrogen (secondary N) is 1. The Labute approximate surface area is 121 Å². The van der Waals surface area contributed by atoms with Gasteiger partial charge in [0.2, 0.25) is 10.0 Å². The molecule has 2 unspecified atom stereocenters. The van der Waals surface area contributed by atoms with Crippen molar-refractivity contribution in [2.24, 2.45) is 0 Å². The minimum absolute atomic E-state index is 0.0697. The van der Waals surface area contributed by atoms with Gasteiger partial charge in [-0.3, -0.25) is 0 Å². The molecule has 1 aliphatic rings. The summed E-state index contributed by atoms with van der Waals surface area (Å²) in [5.74, 6) is 0.0697. The normalized spacial score (nSPS) is 24.2. The van der Waals surface area contributed by atoms with Gasteiger partial charge in [-0.2, -0.15) is 0 Å². The Hall–Kier alpha value is -0.910. The second-order valence-corrected chi connectivity index (χ2v) is 7.36. The van der Waals surface area contributed by atoms with Crippen LogP contribution < -0.4 is 4.72 Å². The van der Waals surface area contributed by atoms with E-state index in [1.165, 1.54) is 0 Å². The smallest absolute Gasteiger partial charge is 0.212 e. The van der Waals surface area contributed by atoms with Crippen molar-refractivity contribution in [3.05, 3.63) is 35.9 Å². The maximum Gasteiger partial charge on any atom is 0.212 e. The van der Waals surface area contributed by atoms with Crippen LogP contribution in [-0.4, -0.2) is 31.4 Å². The topological polar surface area (TPSA) is 66.4 Å². The van der Waals surface area contributed by atoms with E-state index in [1.807, 2.05) is 30.3 Å². The van der Waals surface area contributed by atoms with Crippen LogP contribution in [0.15, 0.2) is 30.3 Å². The number of aryl methyl sites for hydroxylation is 1. The van der Waals surface area contributed by atoms with Gasteiger partial charge in [-0.1, -0.05) is 49.6 Å². The Bertz CT molecular complexity index is 501. The summed E-state index contributed by atoms with van der Waals surface area (Å²) < 4.78 is 26.9. The quantitative estimate of drug-likeness (QED) is 0.815. The van der Waals surface area contributed by atoms with Crippen LogP contribution >= 0.6 is 0 Å². The zero-order chi connectivity index (χ0) is 14.4. The molecule has 4 nitrogen and oxygen atoms in total. The third kappa shape index (κ3) is 4.89. The van der Waals surface area contributed by atoms with Crippen LogP contribution in [0.25, 0.3) is 0 Å². The predicted octanol–water partition coefficient (Wildman–Crippen LogP) is 1.84. The average molecular weight is 297 g/mol. The lowest BCUT2D eigenvalue weighted by molar-refractivity contribution is 0.130. The molecular weight excluding hydrogens is 274 g/mol. The van der Waals surface area contributed by atoms with Crippen LogP contribution in [0.5, 0.6) is 0 Å². The van der Waals surface area contributed by atoms with Gasteiger partial charge in [0.05, 0.1) is 11.9 Å². The molecule has 0 bridgehead atoms. The SMILES string of the molecule is O=S(=O)(CCc1ccccc1)NC1CCCCCC1O. The van der Waals surface area contributed by atoms with Crippen molar-refractivity contribution >= 4 is 10.0 Å². The van der Waals surface area contributed by atoms with Crippen LogP contribution in [0, 0.1) is 0 Å². The summed E-state index contributed by atoms with van der Waals surface area (Å²) in [7, 11) is -3.34. The highest BCUT2D eigenvalue weighted by molar-refractivity contribution is 7.89. The van der Waals surface area contributed by atoms with Gasteiger partial charge in [0.1, 0.15) is 0 Å².